The molecule has 0 bridgehead atoms. The van der Waals surface area contributed by atoms with Crippen molar-refractivity contribution in [2.45, 2.75) is 24.0 Å². The molecule has 0 saturated carbocycles. The van der Waals surface area contributed by atoms with E-state index in [1.807, 2.05) is 60.7 Å². The number of esters is 1. The Morgan fingerprint density at radius 3 is 1.87 bits per heavy atom. The lowest BCUT2D eigenvalue weighted by molar-refractivity contribution is -0.129. The molecule has 3 rings (SSSR count). The molecule has 0 heterocycles. The van der Waals surface area contributed by atoms with Crippen molar-refractivity contribution in [3.8, 4) is 0 Å². The highest BCUT2D eigenvalue weighted by Crippen LogP contribution is 2.22. The summed E-state index contributed by atoms with van der Waals surface area (Å²) < 4.78 is 17.2. The van der Waals surface area contributed by atoms with Gasteiger partial charge in [-0.1, -0.05) is 72.8 Å². The average Bonchev–Trinajstić information content (AvgIpc) is 2.78. The first-order valence-electron chi connectivity index (χ1n) is 9.51. The number of amides is 1. The predicted molar refractivity (Wildman–Crippen MR) is 117 cm³/mol. The minimum Gasteiger partial charge on any atom is -0.449 e. The maximum absolute atomic E-state index is 12.8. The molecule has 5 nitrogen and oxygen atoms in total. The van der Waals surface area contributed by atoms with Gasteiger partial charge in [0.05, 0.1) is 27.3 Å². The van der Waals surface area contributed by atoms with Crippen LogP contribution in [0, 0.1) is 0 Å². The molecule has 0 fully saturated rings. The van der Waals surface area contributed by atoms with Gasteiger partial charge in [-0.05, 0) is 30.2 Å². The molecule has 3 aromatic carbocycles. The van der Waals surface area contributed by atoms with Crippen LogP contribution in [0.2, 0.25) is 0 Å². The number of nitrogens with one attached hydrogen (secondary N) is 1. The molecule has 0 aromatic heterocycles. The third-order valence-corrected chi connectivity index (χ3v) is 5.60. The number of hydrogen-bond acceptors (Lipinski definition) is 4. The summed E-state index contributed by atoms with van der Waals surface area (Å²) in [5.41, 5.74) is 2.03. The standard InChI is InChI=1S/C24H23NO4S/c1-17(29-24(27)20-15-9-10-16-21(20)30(2)28)23(26)25-22(18-11-5-3-6-12-18)19-13-7-4-8-14-19/h3-17,22H,1-2H3,(H,25,26)/t17-,30-/m1/s1. The van der Waals surface area contributed by atoms with Crippen molar-refractivity contribution in [1.82, 2.24) is 5.32 Å². The minimum absolute atomic E-state index is 0.195. The molecule has 3 aromatic rings. The molecule has 0 radical (unpaired) electrons. The van der Waals surface area contributed by atoms with Crippen LogP contribution in [-0.4, -0.2) is 28.4 Å². The van der Waals surface area contributed by atoms with Crippen molar-refractivity contribution in [3.05, 3.63) is 102 Å². The molecule has 2 atom stereocenters. The Bertz CT molecular complexity index is 998. The van der Waals surface area contributed by atoms with Gasteiger partial charge in [0.1, 0.15) is 0 Å². The Balaban J connectivity index is 1.76. The van der Waals surface area contributed by atoms with E-state index in [1.165, 1.54) is 13.2 Å². The fraction of sp³-hybridized carbons (Fsp3) is 0.167. The Hall–Kier alpha value is -3.25. The summed E-state index contributed by atoms with van der Waals surface area (Å²) in [5, 5.41) is 2.97. The second-order valence-electron chi connectivity index (χ2n) is 6.76. The Morgan fingerprint density at radius 1 is 0.833 bits per heavy atom. The van der Waals surface area contributed by atoms with Crippen LogP contribution in [0.1, 0.15) is 34.5 Å². The molecule has 1 N–H and O–H groups in total. The summed E-state index contributed by atoms with van der Waals surface area (Å²) in [6.07, 6.45) is 0.470. The van der Waals surface area contributed by atoms with E-state index in [4.69, 9.17) is 4.74 Å². The van der Waals surface area contributed by atoms with Gasteiger partial charge in [0.15, 0.2) is 6.10 Å². The second-order valence-corrected chi connectivity index (χ2v) is 8.11. The van der Waals surface area contributed by atoms with E-state index in [1.54, 1.807) is 24.3 Å². The molecule has 0 spiro atoms. The molecule has 30 heavy (non-hydrogen) atoms. The summed E-state index contributed by atoms with van der Waals surface area (Å²) in [6.45, 7) is 1.52. The largest absolute Gasteiger partial charge is 0.449 e. The molecule has 0 aliphatic heterocycles. The topological polar surface area (TPSA) is 72.5 Å². The first kappa shape index (κ1) is 21.5. The van der Waals surface area contributed by atoms with E-state index in [-0.39, 0.29) is 11.6 Å². The molecule has 0 saturated heterocycles. The van der Waals surface area contributed by atoms with Crippen LogP contribution in [0.5, 0.6) is 0 Å². The molecule has 0 aliphatic carbocycles. The summed E-state index contributed by atoms with van der Waals surface area (Å²) >= 11 is 0. The molecule has 0 aliphatic rings. The van der Waals surface area contributed by atoms with Gasteiger partial charge in [-0.3, -0.25) is 9.00 Å². The highest BCUT2D eigenvalue weighted by molar-refractivity contribution is 7.84. The monoisotopic (exact) mass is 421 g/mol. The lowest BCUT2D eigenvalue weighted by Gasteiger charge is -2.22. The van der Waals surface area contributed by atoms with Crippen LogP contribution in [0.15, 0.2) is 89.8 Å². The van der Waals surface area contributed by atoms with Crippen LogP contribution in [-0.2, 0) is 20.3 Å². The number of rotatable bonds is 7. The van der Waals surface area contributed by atoms with Gasteiger partial charge in [-0.2, -0.15) is 0 Å². The number of carbonyl (C=O) groups is 2. The van der Waals surface area contributed by atoms with Crippen LogP contribution in [0.25, 0.3) is 0 Å². The van der Waals surface area contributed by atoms with Gasteiger partial charge < -0.3 is 10.1 Å². The van der Waals surface area contributed by atoms with E-state index < -0.39 is 28.8 Å². The van der Waals surface area contributed by atoms with Crippen molar-refractivity contribution in [3.63, 3.8) is 0 Å². The van der Waals surface area contributed by atoms with Crippen molar-refractivity contribution in [1.29, 1.82) is 0 Å². The Kier molecular flexibility index (Phi) is 7.14. The quantitative estimate of drug-likeness (QED) is 0.588. The van der Waals surface area contributed by atoms with Crippen molar-refractivity contribution < 1.29 is 18.5 Å². The maximum atomic E-state index is 12.8. The molecular formula is C24H23NO4S. The third-order valence-electron chi connectivity index (χ3n) is 4.62. The van der Waals surface area contributed by atoms with Gasteiger partial charge in [0.25, 0.3) is 5.91 Å². The van der Waals surface area contributed by atoms with E-state index in [2.05, 4.69) is 5.32 Å². The zero-order chi connectivity index (χ0) is 21.5. The van der Waals surface area contributed by atoms with E-state index in [9.17, 15) is 13.8 Å². The molecular weight excluding hydrogens is 398 g/mol. The number of ether oxygens (including phenoxy) is 1. The fourth-order valence-electron chi connectivity index (χ4n) is 3.07. The third kappa shape index (κ3) is 5.21. The first-order valence-corrected chi connectivity index (χ1v) is 11.1. The zero-order valence-electron chi connectivity index (χ0n) is 16.8. The molecule has 1 amide bonds. The predicted octanol–water partition coefficient (Wildman–Crippen LogP) is 3.88. The summed E-state index contributed by atoms with van der Waals surface area (Å²) in [6, 6.07) is 25.3. The second kappa shape index (κ2) is 9.98. The van der Waals surface area contributed by atoms with Crippen LogP contribution in [0.4, 0.5) is 0 Å². The number of hydrogen-bond donors (Lipinski definition) is 1. The molecule has 6 heteroatoms. The molecule has 0 unspecified atom stereocenters. The lowest BCUT2D eigenvalue weighted by atomic mass is 9.98. The van der Waals surface area contributed by atoms with Gasteiger partial charge in [-0.25, -0.2) is 4.79 Å². The zero-order valence-corrected chi connectivity index (χ0v) is 17.6. The molecule has 154 valence electrons. The number of benzene rings is 3. The van der Waals surface area contributed by atoms with E-state index in [0.29, 0.717) is 4.90 Å². The highest BCUT2D eigenvalue weighted by Gasteiger charge is 2.24. The normalized spacial score (nSPS) is 12.8. The van der Waals surface area contributed by atoms with Crippen molar-refractivity contribution in [2.75, 3.05) is 6.26 Å². The average molecular weight is 422 g/mol. The van der Waals surface area contributed by atoms with Crippen molar-refractivity contribution >= 4 is 22.7 Å². The van der Waals surface area contributed by atoms with Crippen LogP contribution in [0.3, 0.4) is 0 Å². The lowest BCUT2D eigenvalue weighted by Crippen LogP contribution is -2.38. The smallest absolute Gasteiger partial charge is 0.340 e. The number of carbonyl (C=O) groups excluding carboxylic acids is 2. The maximum Gasteiger partial charge on any atom is 0.340 e. The summed E-state index contributed by atoms with van der Waals surface area (Å²) in [4.78, 5) is 25.8. The minimum atomic E-state index is -1.35. The summed E-state index contributed by atoms with van der Waals surface area (Å²) in [7, 11) is -1.35. The van der Waals surface area contributed by atoms with E-state index in [0.717, 1.165) is 11.1 Å². The first-order chi connectivity index (χ1) is 14.5. The van der Waals surface area contributed by atoms with Gasteiger partial charge in [-0.15, -0.1) is 0 Å². The highest BCUT2D eigenvalue weighted by atomic mass is 32.2. The van der Waals surface area contributed by atoms with Gasteiger partial charge >= 0.3 is 5.97 Å². The Labute approximate surface area is 178 Å². The van der Waals surface area contributed by atoms with E-state index >= 15 is 0 Å². The summed E-state index contributed by atoms with van der Waals surface area (Å²) in [5.74, 6) is -1.10. The Morgan fingerprint density at radius 2 is 1.33 bits per heavy atom. The van der Waals surface area contributed by atoms with Gasteiger partial charge in [0.2, 0.25) is 0 Å². The fourth-order valence-corrected chi connectivity index (χ4v) is 3.80. The van der Waals surface area contributed by atoms with Gasteiger partial charge in [0, 0.05) is 6.26 Å². The SMILES string of the molecule is C[C@@H](OC(=O)c1ccccc1[S@@](C)=O)C(=O)NC(c1ccccc1)c1ccccc1. The van der Waals surface area contributed by atoms with Crippen LogP contribution < -0.4 is 5.32 Å². The van der Waals surface area contributed by atoms with Crippen LogP contribution >= 0.6 is 0 Å². The van der Waals surface area contributed by atoms with Crippen molar-refractivity contribution in [2.24, 2.45) is 0 Å².